The van der Waals surface area contributed by atoms with E-state index in [9.17, 15) is 4.79 Å². The van der Waals surface area contributed by atoms with Gasteiger partial charge in [0.25, 0.3) is 5.91 Å². The molecule has 8 rings (SSSR count). The molecule has 3 aliphatic rings. The van der Waals surface area contributed by atoms with E-state index in [1.165, 1.54) is 0 Å². The van der Waals surface area contributed by atoms with E-state index in [0.717, 1.165) is 103 Å². The molecule has 45 heavy (non-hydrogen) atoms. The van der Waals surface area contributed by atoms with Crippen molar-refractivity contribution in [1.29, 1.82) is 5.26 Å². The van der Waals surface area contributed by atoms with E-state index in [1.807, 2.05) is 34.0 Å². The van der Waals surface area contributed by atoms with Crippen LogP contribution in [-0.4, -0.2) is 60.3 Å². The fourth-order valence-corrected chi connectivity index (χ4v) is 7.12. The molecule has 11 nitrogen and oxygen atoms in total. The predicted octanol–water partition coefficient (Wildman–Crippen LogP) is 5.42. The normalized spacial score (nSPS) is 18.0. The van der Waals surface area contributed by atoms with Crippen molar-refractivity contribution in [3.8, 4) is 28.7 Å². The number of nitrogens with zero attached hydrogens (tertiary/aromatic N) is 8. The Bertz CT molecular complexity index is 1970. The standard InChI is InChI=1S/C34H32N8O3/c1-20-39-40-33(45-20)29-26(7-5-21-9-13-44-14-10-21)38-31-27-3-2-11-42(27)34(43)30(31)28(29)24-15-23-8-12-41(32(23)37-18-24)19-25-6-4-22(16-35)17-36-25/h4,6,8,12,15,17-18,21,27H,2-3,5,7,9-11,13-14,19H2,1H3/t27-/m0/s1. The Morgan fingerprint density at radius 3 is 2.71 bits per heavy atom. The monoisotopic (exact) mass is 600 g/mol. The van der Waals surface area contributed by atoms with Gasteiger partial charge < -0.3 is 18.6 Å². The van der Waals surface area contributed by atoms with E-state index in [-0.39, 0.29) is 11.9 Å². The summed E-state index contributed by atoms with van der Waals surface area (Å²) in [6.07, 6.45) is 11.1. The summed E-state index contributed by atoms with van der Waals surface area (Å²) in [5, 5.41) is 18.7. The van der Waals surface area contributed by atoms with Gasteiger partial charge in [-0.2, -0.15) is 5.26 Å². The third kappa shape index (κ3) is 4.86. The molecule has 0 spiro atoms. The van der Waals surface area contributed by atoms with E-state index in [2.05, 4.69) is 27.3 Å². The van der Waals surface area contributed by atoms with Crippen LogP contribution in [0.1, 0.15) is 77.0 Å². The third-order valence-electron chi connectivity index (χ3n) is 9.39. The van der Waals surface area contributed by atoms with Crippen LogP contribution in [0.3, 0.4) is 0 Å². The average Bonchev–Trinajstić information content (AvgIpc) is 3.87. The molecule has 0 radical (unpaired) electrons. The van der Waals surface area contributed by atoms with E-state index in [1.54, 1.807) is 19.2 Å². The number of pyridine rings is 3. The first-order valence-corrected chi connectivity index (χ1v) is 15.6. The molecule has 0 N–H and O–H groups in total. The first-order chi connectivity index (χ1) is 22.1. The zero-order chi connectivity index (χ0) is 30.5. The first-order valence-electron chi connectivity index (χ1n) is 15.6. The molecular formula is C34H32N8O3. The smallest absolute Gasteiger partial charge is 0.257 e. The van der Waals surface area contributed by atoms with E-state index in [0.29, 0.717) is 35.4 Å². The molecular weight excluding hydrogens is 568 g/mol. The Morgan fingerprint density at radius 1 is 1.04 bits per heavy atom. The molecule has 0 unspecified atom stereocenters. The summed E-state index contributed by atoms with van der Waals surface area (Å²) < 4.78 is 13.7. The van der Waals surface area contributed by atoms with Gasteiger partial charge in [0.2, 0.25) is 11.8 Å². The van der Waals surface area contributed by atoms with Crippen molar-refractivity contribution in [2.75, 3.05) is 19.8 Å². The molecule has 11 heteroatoms. The Kier molecular flexibility index (Phi) is 6.87. The van der Waals surface area contributed by atoms with Gasteiger partial charge in [0.15, 0.2) is 0 Å². The Labute approximate surface area is 259 Å². The van der Waals surface area contributed by atoms with Crippen molar-refractivity contribution in [1.82, 2.24) is 34.6 Å². The predicted molar refractivity (Wildman–Crippen MR) is 164 cm³/mol. The molecule has 1 amide bonds. The fourth-order valence-electron chi connectivity index (χ4n) is 7.12. The van der Waals surface area contributed by atoms with Crippen molar-refractivity contribution in [3.63, 3.8) is 0 Å². The maximum absolute atomic E-state index is 14.0. The SMILES string of the molecule is Cc1nnc(-c2c(CCC3CCOCC3)nc3c(c2-c2cnc4c(ccn4Cc4ccc(C#N)cn4)c2)C(=O)N2CCC[C@@H]32)o1. The lowest BCUT2D eigenvalue weighted by Gasteiger charge is -2.23. The number of carbonyl (C=O) groups excluding carboxylic acids is 1. The maximum Gasteiger partial charge on any atom is 0.257 e. The maximum atomic E-state index is 14.0. The quantitative estimate of drug-likeness (QED) is 0.240. The Hall–Kier alpha value is -4.95. The summed E-state index contributed by atoms with van der Waals surface area (Å²) in [5.41, 5.74) is 6.88. The minimum absolute atomic E-state index is 0.00743. The highest BCUT2D eigenvalue weighted by molar-refractivity contribution is 6.08. The molecule has 5 aromatic heterocycles. The van der Waals surface area contributed by atoms with Gasteiger partial charge in [-0.1, -0.05) is 0 Å². The first kappa shape index (κ1) is 27.6. The molecule has 8 heterocycles. The van der Waals surface area contributed by atoms with Gasteiger partial charge in [0, 0.05) is 61.8 Å². The summed E-state index contributed by atoms with van der Waals surface area (Å²) in [4.78, 5) is 30.6. The lowest BCUT2D eigenvalue weighted by atomic mass is 9.88. The molecule has 0 aromatic carbocycles. The molecule has 1 atom stereocenters. The van der Waals surface area contributed by atoms with Crippen molar-refractivity contribution >= 4 is 16.9 Å². The van der Waals surface area contributed by atoms with Crippen LogP contribution in [-0.2, 0) is 17.7 Å². The second kappa shape index (κ2) is 11.2. The zero-order valence-electron chi connectivity index (χ0n) is 25.1. The molecule has 5 aromatic rings. The highest BCUT2D eigenvalue weighted by atomic mass is 16.5. The Balaban J connectivity index is 1.26. The van der Waals surface area contributed by atoms with Gasteiger partial charge in [0.05, 0.1) is 46.4 Å². The molecule has 226 valence electrons. The number of hydrogen-bond acceptors (Lipinski definition) is 9. The summed E-state index contributed by atoms with van der Waals surface area (Å²) in [5.74, 6) is 1.40. The van der Waals surface area contributed by atoms with Crippen LogP contribution in [0.5, 0.6) is 0 Å². The summed E-state index contributed by atoms with van der Waals surface area (Å²) in [6.45, 7) is 4.61. The van der Waals surface area contributed by atoms with Crippen molar-refractivity contribution < 1.29 is 13.9 Å². The lowest BCUT2D eigenvalue weighted by Crippen LogP contribution is -2.23. The number of aromatic nitrogens is 6. The van der Waals surface area contributed by atoms with Crippen LogP contribution >= 0.6 is 0 Å². The second-order valence-corrected chi connectivity index (χ2v) is 12.2. The van der Waals surface area contributed by atoms with Gasteiger partial charge >= 0.3 is 0 Å². The number of hydrogen-bond donors (Lipinski definition) is 0. The van der Waals surface area contributed by atoms with E-state index >= 15 is 0 Å². The van der Waals surface area contributed by atoms with E-state index in [4.69, 9.17) is 24.4 Å². The molecule has 3 aliphatic heterocycles. The van der Waals surface area contributed by atoms with E-state index < -0.39 is 0 Å². The van der Waals surface area contributed by atoms with Crippen LogP contribution in [0, 0.1) is 24.2 Å². The lowest BCUT2D eigenvalue weighted by molar-refractivity contribution is 0.0639. The Morgan fingerprint density at radius 2 is 1.93 bits per heavy atom. The van der Waals surface area contributed by atoms with Gasteiger partial charge in [0.1, 0.15) is 11.7 Å². The van der Waals surface area contributed by atoms with Crippen LogP contribution in [0.4, 0.5) is 0 Å². The topological polar surface area (TPSA) is 136 Å². The number of aryl methyl sites for hydroxylation is 2. The van der Waals surface area contributed by atoms with Crippen molar-refractivity contribution in [3.05, 3.63) is 77.0 Å². The van der Waals surface area contributed by atoms with Gasteiger partial charge in [-0.3, -0.25) is 14.8 Å². The zero-order valence-corrected chi connectivity index (χ0v) is 25.1. The number of rotatable bonds is 7. The number of amides is 1. The van der Waals surface area contributed by atoms with Gasteiger partial charge in [-0.25, -0.2) is 4.98 Å². The summed E-state index contributed by atoms with van der Waals surface area (Å²) >= 11 is 0. The molecule has 2 fully saturated rings. The average molecular weight is 601 g/mol. The molecule has 0 aliphatic carbocycles. The summed E-state index contributed by atoms with van der Waals surface area (Å²) in [7, 11) is 0. The summed E-state index contributed by atoms with van der Waals surface area (Å²) in [6, 6.07) is 9.85. The molecule has 2 saturated heterocycles. The van der Waals surface area contributed by atoms with Gasteiger partial charge in [-0.05, 0) is 68.7 Å². The second-order valence-electron chi connectivity index (χ2n) is 12.2. The van der Waals surface area contributed by atoms with Crippen LogP contribution in [0.2, 0.25) is 0 Å². The van der Waals surface area contributed by atoms with Crippen molar-refractivity contribution in [2.45, 2.75) is 58.0 Å². The molecule has 0 saturated carbocycles. The highest BCUT2D eigenvalue weighted by Gasteiger charge is 2.44. The number of ether oxygens (including phenoxy) is 1. The minimum atomic E-state index is -0.00996. The third-order valence-corrected chi connectivity index (χ3v) is 9.39. The van der Waals surface area contributed by atoms with Gasteiger partial charge in [-0.15, -0.1) is 10.2 Å². The van der Waals surface area contributed by atoms with Crippen LogP contribution < -0.4 is 0 Å². The molecule has 0 bridgehead atoms. The highest BCUT2D eigenvalue weighted by Crippen LogP contribution is 2.48. The number of fused-ring (bicyclic) bond motifs is 4. The number of carbonyl (C=O) groups is 1. The minimum Gasteiger partial charge on any atom is -0.421 e. The largest absolute Gasteiger partial charge is 0.421 e. The van der Waals surface area contributed by atoms with Crippen molar-refractivity contribution in [2.24, 2.45) is 5.92 Å². The van der Waals surface area contributed by atoms with Crippen LogP contribution in [0.15, 0.2) is 47.3 Å². The fraction of sp³-hybridized carbons (Fsp3) is 0.382. The number of nitriles is 1. The van der Waals surface area contributed by atoms with Crippen LogP contribution in [0.25, 0.3) is 33.6 Å².